The molecule has 0 saturated carbocycles. The Hall–Kier alpha value is -0.810. The summed E-state index contributed by atoms with van der Waals surface area (Å²) in [6.45, 7) is 11.8. The fourth-order valence-corrected chi connectivity index (χ4v) is 2.08. The first-order chi connectivity index (χ1) is 9.67. The first-order valence-electron chi connectivity index (χ1n) is 7.86. The van der Waals surface area contributed by atoms with Crippen LogP contribution in [0.5, 0.6) is 0 Å². The zero-order chi connectivity index (χ0) is 15.2. The lowest BCUT2D eigenvalue weighted by atomic mass is 10.2. The second-order valence-electron chi connectivity index (χ2n) is 5.06. The Morgan fingerprint density at radius 3 is 2.50 bits per heavy atom. The van der Waals surface area contributed by atoms with Crippen LogP contribution >= 0.6 is 0 Å². The SMILES string of the molecule is CCN(CC)CCCC(C)NC(=NC)NCCCOC. The molecule has 0 aromatic carbocycles. The van der Waals surface area contributed by atoms with Gasteiger partial charge in [-0.05, 0) is 45.8 Å². The molecule has 0 aromatic rings. The van der Waals surface area contributed by atoms with Crippen LogP contribution in [-0.2, 0) is 4.74 Å². The van der Waals surface area contributed by atoms with Crippen molar-refractivity contribution in [1.29, 1.82) is 0 Å². The van der Waals surface area contributed by atoms with Gasteiger partial charge in [0, 0.05) is 33.4 Å². The highest BCUT2D eigenvalue weighted by molar-refractivity contribution is 5.79. The van der Waals surface area contributed by atoms with Gasteiger partial charge in [-0.1, -0.05) is 13.8 Å². The summed E-state index contributed by atoms with van der Waals surface area (Å²) in [4.78, 5) is 6.71. The number of nitrogens with one attached hydrogen (secondary N) is 2. The molecule has 0 spiro atoms. The smallest absolute Gasteiger partial charge is 0.191 e. The molecule has 0 bridgehead atoms. The minimum Gasteiger partial charge on any atom is -0.385 e. The second kappa shape index (κ2) is 13.2. The lowest BCUT2D eigenvalue weighted by Crippen LogP contribution is -2.43. The van der Waals surface area contributed by atoms with Crippen molar-refractivity contribution >= 4 is 5.96 Å². The van der Waals surface area contributed by atoms with Gasteiger partial charge in [-0.2, -0.15) is 0 Å². The quantitative estimate of drug-likeness (QED) is 0.345. The molecule has 2 N–H and O–H groups in total. The molecule has 5 nitrogen and oxygen atoms in total. The topological polar surface area (TPSA) is 48.9 Å². The minimum absolute atomic E-state index is 0.444. The van der Waals surface area contributed by atoms with Crippen LogP contribution in [0.2, 0.25) is 0 Å². The summed E-state index contributed by atoms with van der Waals surface area (Å²) in [5, 5.41) is 6.74. The van der Waals surface area contributed by atoms with Gasteiger partial charge in [0.05, 0.1) is 0 Å². The molecular weight excluding hydrogens is 252 g/mol. The number of hydrogen-bond donors (Lipinski definition) is 2. The van der Waals surface area contributed by atoms with Crippen molar-refractivity contribution in [2.24, 2.45) is 4.99 Å². The highest BCUT2D eigenvalue weighted by Crippen LogP contribution is 1.99. The first kappa shape index (κ1) is 19.2. The van der Waals surface area contributed by atoms with Gasteiger partial charge in [0.2, 0.25) is 0 Å². The van der Waals surface area contributed by atoms with E-state index in [2.05, 4.69) is 41.3 Å². The second-order valence-corrected chi connectivity index (χ2v) is 5.06. The summed E-state index contributed by atoms with van der Waals surface area (Å²) in [7, 11) is 3.54. The third-order valence-corrected chi connectivity index (χ3v) is 3.43. The average molecular weight is 286 g/mol. The van der Waals surface area contributed by atoms with Gasteiger partial charge in [0.1, 0.15) is 0 Å². The number of nitrogens with zero attached hydrogens (tertiary/aromatic N) is 2. The Kier molecular flexibility index (Phi) is 12.7. The van der Waals surface area contributed by atoms with Gasteiger partial charge in [-0.3, -0.25) is 4.99 Å². The van der Waals surface area contributed by atoms with Crippen molar-refractivity contribution in [3.05, 3.63) is 0 Å². The summed E-state index contributed by atoms with van der Waals surface area (Å²) >= 11 is 0. The average Bonchev–Trinajstić information content (AvgIpc) is 2.46. The van der Waals surface area contributed by atoms with Crippen LogP contribution in [0.15, 0.2) is 4.99 Å². The van der Waals surface area contributed by atoms with E-state index >= 15 is 0 Å². The van der Waals surface area contributed by atoms with Crippen LogP contribution in [-0.4, -0.2) is 63.8 Å². The third-order valence-electron chi connectivity index (χ3n) is 3.43. The lowest BCUT2D eigenvalue weighted by Gasteiger charge is -2.21. The first-order valence-corrected chi connectivity index (χ1v) is 7.86. The maximum absolute atomic E-state index is 5.03. The molecule has 0 radical (unpaired) electrons. The summed E-state index contributed by atoms with van der Waals surface area (Å²) < 4.78 is 5.03. The van der Waals surface area contributed by atoms with Crippen molar-refractivity contribution in [3.63, 3.8) is 0 Å². The molecule has 0 aliphatic carbocycles. The molecule has 120 valence electrons. The van der Waals surface area contributed by atoms with Gasteiger partial charge in [0.15, 0.2) is 5.96 Å². The van der Waals surface area contributed by atoms with Crippen LogP contribution in [0.25, 0.3) is 0 Å². The van der Waals surface area contributed by atoms with Crippen LogP contribution in [0.3, 0.4) is 0 Å². The van der Waals surface area contributed by atoms with Crippen molar-refractivity contribution in [2.75, 3.05) is 46.9 Å². The fraction of sp³-hybridized carbons (Fsp3) is 0.933. The van der Waals surface area contributed by atoms with Gasteiger partial charge < -0.3 is 20.3 Å². The molecule has 0 aromatic heterocycles. The summed E-state index contributed by atoms with van der Waals surface area (Å²) in [5.41, 5.74) is 0. The zero-order valence-corrected chi connectivity index (χ0v) is 14.0. The number of hydrogen-bond acceptors (Lipinski definition) is 3. The van der Waals surface area contributed by atoms with Crippen molar-refractivity contribution in [1.82, 2.24) is 15.5 Å². The molecule has 0 amide bonds. The number of ether oxygens (including phenoxy) is 1. The van der Waals surface area contributed by atoms with Crippen LogP contribution in [0.4, 0.5) is 0 Å². The lowest BCUT2D eigenvalue weighted by molar-refractivity contribution is 0.195. The van der Waals surface area contributed by atoms with Crippen molar-refractivity contribution in [2.45, 2.75) is 46.1 Å². The van der Waals surface area contributed by atoms with Crippen molar-refractivity contribution in [3.8, 4) is 0 Å². The Morgan fingerprint density at radius 1 is 1.25 bits per heavy atom. The predicted molar refractivity (Wildman–Crippen MR) is 87.5 cm³/mol. The summed E-state index contributed by atoms with van der Waals surface area (Å²) in [6.07, 6.45) is 3.37. The Bertz CT molecular complexity index is 242. The number of methoxy groups -OCH3 is 1. The molecule has 0 fully saturated rings. The van der Waals surface area contributed by atoms with Crippen LogP contribution in [0, 0.1) is 0 Å². The van der Waals surface area contributed by atoms with Gasteiger partial charge >= 0.3 is 0 Å². The summed E-state index contributed by atoms with van der Waals surface area (Å²) in [6, 6.07) is 0.444. The van der Waals surface area contributed by atoms with Crippen LogP contribution < -0.4 is 10.6 Å². The monoisotopic (exact) mass is 286 g/mol. The maximum Gasteiger partial charge on any atom is 0.191 e. The molecule has 5 heteroatoms. The van der Waals surface area contributed by atoms with Crippen LogP contribution in [0.1, 0.15) is 40.0 Å². The largest absolute Gasteiger partial charge is 0.385 e. The standard InChI is InChI=1S/C15H34N4O/c1-6-19(7-2)12-8-10-14(3)18-15(16-4)17-11-9-13-20-5/h14H,6-13H2,1-5H3,(H2,16,17,18). The molecule has 0 saturated heterocycles. The van der Waals surface area contributed by atoms with Gasteiger partial charge in [-0.15, -0.1) is 0 Å². The van der Waals surface area contributed by atoms with E-state index < -0.39 is 0 Å². The summed E-state index contributed by atoms with van der Waals surface area (Å²) in [5.74, 6) is 0.886. The fourth-order valence-electron chi connectivity index (χ4n) is 2.08. The molecular formula is C15H34N4O. The molecule has 0 rings (SSSR count). The minimum atomic E-state index is 0.444. The van der Waals surface area contributed by atoms with Crippen molar-refractivity contribution < 1.29 is 4.74 Å². The van der Waals surface area contributed by atoms with E-state index in [4.69, 9.17) is 4.74 Å². The number of rotatable bonds is 11. The van der Waals surface area contributed by atoms with E-state index in [-0.39, 0.29) is 0 Å². The maximum atomic E-state index is 5.03. The predicted octanol–water partition coefficient (Wildman–Crippen LogP) is 1.70. The van der Waals surface area contributed by atoms with E-state index in [1.807, 2.05) is 7.05 Å². The van der Waals surface area contributed by atoms with E-state index in [9.17, 15) is 0 Å². The van der Waals surface area contributed by atoms with Gasteiger partial charge in [0.25, 0.3) is 0 Å². The number of aliphatic imine (C=N–C) groups is 1. The van der Waals surface area contributed by atoms with E-state index in [1.54, 1.807) is 7.11 Å². The normalized spacial score (nSPS) is 13.6. The Morgan fingerprint density at radius 2 is 1.95 bits per heavy atom. The van der Waals surface area contributed by atoms with E-state index in [0.717, 1.165) is 45.0 Å². The highest BCUT2D eigenvalue weighted by Gasteiger charge is 2.06. The van der Waals surface area contributed by atoms with E-state index in [0.29, 0.717) is 6.04 Å². The molecule has 0 heterocycles. The molecule has 1 atom stereocenters. The highest BCUT2D eigenvalue weighted by atomic mass is 16.5. The molecule has 1 unspecified atom stereocenters. The molecule has 20 heavy (non-hydrogen) atoms. The molecule has 0 aliphatic heterocycles. The zero-order valence-electron chi connectivity index (χ0n) is 14.0. The van der Waals surface area contributed by atoms with Gasteiger partial charge in [-0.25, -0.2) is 0 Å². The van der Waals surface area contributed by atoms with E-state index in [1.165, 1.54) is 13.0 Å². The Balaban J connectivity index is 3.78. The Labute approximate surface area is 125 Å². The third kappa shape index (κ3) is 10.0. The molecule has 0 aliphatic rings. The number of guanidine groups is 1.